The van der Waals surface area contributed by atoms with Crippen LogP contribution in [0.5, 0.6) is 0 Å². The Balaban J connectivity index is 1.83. The number of benzene rings is 1. The van der Waals surface area contributed by atoms with Crippen LogP contribution in [-0.2, 0) is 11.2 Å². The molecule has 0 unspecified atom stereocenters. The highest BCUT2D eigenvalue weighted by molar-refractivity contribution is 9.10. The molecule has 0 aromatic heterocycles. The number of nitrogens with zero attached hydrogens (tertiary/aromatic N) is 2. The van der Waals surface area contributed by atoms with Crippen molar-refractivity contribution < 1.29 is 9.72 Å². The molecule has 1 aliphatic carbocycles. The molecule has 1 fully saturated rings. The number of nitro benzene ring substituents is 1. The van der Waals surface area contributed by atoms with Gasteiger partial charge in [-0.2, -0.15) is 0 Å². The molecule has 0 atom stereocenters. The van der Waals surface area contributed by atoms with Gasteiger partial charge in [-0.25, -0.2) is 0 Å². The zero-order chi connectivity index (χ0) is 15.7. The summed E-state index contributed by atoms with van der Waals surface area (Å²) in [6.07, 6.45) is 7.07. The topological polar surface area (TPSA) is 63.5 Å². The van der Waals surface area contributed by atoms with E-state index in [1.807, 2.05) is 6.07 Å². The lowest BCUT2D eigenvalue weighted by atomic mass is 9.86. The summed E-state index contributed by atoms with van der Waals surface area (Å²) in [6.45, 7) is 0.554. The van der Waals surface area contributed by atoms with Crippen molar-refractivity contribution in [2.24, 2.45) is 5.92 Å². The minimum Gasteiger partial charge on any atom is -0.306 e. The first kappa shape index (κ1) is 15.5. The van der Waals surface area contributed by atoms with E-state index in [0.717, 1.165) is 18.4 Å². The Labute approximate surface area is 138 Å². The second-order valence-electron chi connectivity index (χ2n) is 6.19. The fourth-order valence-corrected chi connectivity index (χ4v) is 4.12. The lowest BCUT2D eigenvalue weighted by Gasteiger charge is -2.24. The average Bonchev–Trinajstić information content (AvgIpc) is 2.90. The van der Waals surface area contributed by atoms with Gasteiger partial charge in [-0.05, 0) is 36.8 Å². The monoisotopic (exact) mass is 366 g/mol. The predicted octanol–water partition coefficient (Wildman–Crippen LogP) is 4.22. The molecule has 6 heteroatoms. The number of nitro groups is 1. The molecule has 22 heavy (non-hydrogen) atoms. The van der Waals surface area contributed by atoms with Crippen molar-refractivity contribution in [3.63, 3.8) is 0 Å². The normalized spacial score (nSPS) is 18.3. The van der Waals surface area contributed by atoms with Gasteiger partial charge in [0.2, 0.25) is 5.91 Å². The van der Waals surface area contributed by atoms with Crippen LogP contribution < -0.4 is 4.90 Å². The van der Waals surface area contributed by atoms with Gasteiger partial charge < -0.3 is 4.90 Å². The Morgan fingerprint density at radius 1 is 1.32 bits per heavy atom. The highest BCUT2D eigenvalue weighted by Gasteiger charge is 2.33. The van der Waals surface area contributed by atoms with Crippen molar-refractivity contribution in [2.75, 3.05) is 11.4 Å². The molecule has 2 aliphatic rings. The van der Waals surface area contributed by atoms with E-state index in [1.165, 1.54) is 25.3 Å². The van der Waals surface area contributed by atoms with Crippen LogP contribution >= 0.6 is 15.9 Å². The molecule has 0 bridgehead atoms. The fraction of sp³-hybridized carbons (Fsp3) is 0.562. The zero-order valence-corrected chi connectivity index (χ0v) is 14.0. The summed E-state index contributed by atoms with van der Waals surface area (Å²) in [5.74, 6) is 0.482. The van der Waals surface area contributed by atoms with Gasteiger partial charge in [-0.3, -0.25) is 14.9 Å². The molecular formula is C16H19BrN2O3. The SMILES string of the molecule is O=C(CC1CCCCC1)N1CCc2cc(Br)cc([N+](=O)[O-])c21. The molecule has 5 nitrogen and oxygen atoms in total. The molecule has 1 saturated carbocycles. The van der Waals surface area contributed by atoms with E-state index in [1.54, 1.807) is 4.90 Å². The summed E-state index contributed by atoms with van der Waals surface area (Å²) < 4.78 is 0.694. The Morgan fingerprint density at radius 2 is 2.05 bits per heavy atom. The minimum atomic E-state index is -0.393. The Morgan fingerprint density at radius 3 is 2.73 bits per heavy atom. The van der Waals surface area contributed by atoms with E-state index in [9.17, 15) is 14.9 Å². The smallest absolute Gasteiger partial charge is 0.294 e. The number of hydrogen-bond acceptors (Lipinski definition) is 3. The van der Waals surface area contributed by atoms with Gasteiger partial charge in [-0.15, -0.1) is 0 Å². The fourth-order valence-electron chi connectivity index (χ4n) is 3.62. The first-order valence-electron chi connectivity index (χ1n) is 7.83. The van der Waals surface area contributed by atoms with Gasteiger partial charge in [0.15, 0.2) is 0 Å². The number of carbonyl (C=O) groups is 1. The molecule has 1 heterocycles. The molecule has 0 saturated heterocycles. The van der Waals surface area contributed by atoms with Crippen molar-refractivity contribution in [3.05, 3.63) is 32.3 Å². The molecule has 1 aromatic carbocycles. The number of anilines is 1. The standard InChI is InChI=1S/C16H19BrN2O3/c17-13-9-12-6-7-18(16(12)14(10-13)19(21)22)15(20)8-11-4-2-1-3-5-11/h9-11H,1-8H2. The summed E-state index contributed by atoms with van der Waals surface area (Å²) in [5, 5.41) is 11.3. The molecule has 0 spiro atoms. The van der Waals surface area contributed by atoms with E-state index >= 15 is 0 Å². The Kier molecular flexibility index (Phi) is 4.47. The van der Waals surface area contributed by atoms with Crippen molar-refractivity contribution in [1.82, 2.24) is 0 Å². The summed E-state index contributed by atoms with van der Waals surface area (Å²) >= 11 is 3.31. The highest BCUT2D eigenvalue weighted by Crippen LogP contribution is 2.40. The van der Waals surface area contributed by atoms with Crippen LogP contribution in [0.1, 0.15) is 44.1 Å². The lowest BCUT2D eigenvalue weighted by molar-refractivity contribution is -0.384. The van der Waals surface area contributed by atoms with E-state index in [4.69, 9.17) is 0 Å². The van der Waals surface area contributed by atoms with Gasteiger partial charge in [0.25, 0.3) is 5.69 Å². The third-order valence-corrected chi connectivity index (χ3v) is 5.15. The molecule has 1 aromatic rings. The second-order valence-corrected chi connectivity index (χ2v) is 7.11. The number of hydrogen-bond donors (Lipinski definition) is 0. The van der Waals surface area contributed by atoms with E-state index < -0.39 is 4.92 Å². The van der Waals surface area contributed by atoms with Crippen LogP contribution in [0.25, 0.3) is 0 Å². The molecule has 1 aliphatic heterocycles. The van der Waals surface area contributed by atoms with Crippen LogP contribution in [-0.4, -0.2) is 17.4 Å². The van der Waals surface area contributed by atoms with Crippen LogP contribution in [0, 0.1) is 16.0 Å². The van der Waals surface area contributed by atoms with Crippen molar-refractivity contribution in [1.29, 1.82) is 0 Å². The predicted molar refractivity (Wildman–Crippen MR) is 88.0 cm³/mol. The molecule has 0 radical (unpaired) electrons. The number of halogens is 1. The maximum absolute atomic E-state index is 12.6. The van der Waals surface area contributed by atoms with Gasteiger partial charge in [0.1, 0.15) is 5.69 Å². The summed E-state index contributed by atoms with van der Waals surface area (Å²) in [4.78, 5) is 25.2. The van der Waals surface area contributed by atoms with E-state index in [2.05, 4.69) is 15.9 Å². The van der Waals surface area contributed by atoms with E-state index in [0.29, 0.717) is 35.5 Å². The summed E-state index contributed by atoms with van der Waals surface area (Å²) in [6, 6.07) is 3.38. The maximum atomic E-state index is 12.6. The summed E-state index contributed by atoms with van der Waals surface area (Å²) in [5.41, 5.74) is 1.42. The van der Waals surface area contributed by atoms with Crippen LogP contribution in [0.3, 0.4) is 0 Å². The molecule has 1 amide bonds. The van der Waals surface area contributed by atoms with Crippen molar-refractivity contribution >= 4 is 33.2 Å². The highest BCUT2D eigenvalue weighted by atomic mass is 79.9. The van der Waals surface area contributed by atoms with Crippen molar-refractivity contribution in [3.8, 4) is 0 Å². The number of fused-ring (bicyclic) bond motifs is 1. The van der Waals surface area contributed by atoms with Gasteiger partial charge in [0, 0.05) is 23.5 Å². The van der Waals surface area contributed by atoms with Crippen LogP contribution in [0.4, 0.5) is 11.4 Å². The lowest BCUT2D eigenvalue weighted by Crippen LogP contribution is -2.31. The van der Waals surface area contributed by atoms with Gasteiger partial charge >= 0.3 is 0 Å². The van der Waals surface area contributed by atoms with Crippen LogP contribution in [0.15, 0.2) is 16.6 Å². The largest absolute Gasteiger partial charge is 0.306 e. The van der Waals surface area contributed by atoms with Gasteiger partial charge in [0.05, 0.1) is 4.92 Å². The first-order chi connectivity index (χ1) is 10.6. The first-order valence-corrected chi connectivity index (χ1v) is 8.62. The quantitative estimate of drug-likeness (QED) is 0.594. The van der Waals surface area contributed by atoms with Crippen molar-refractivity contribution in [2.45, 2.75) is 44.9 Å². The summed E-state index contributed by atoms with van der Waals surface area (Å²) in [7, 11) is 0. The average molecular weight is 367 g/mol. The number of rotatable bonds is 3. The molecule has 118 valence electrons. The third-order valence-electron chi connectivity index (χ3n) is 4.69. The maximum Gasteiger partial charge on any atom is 0.294 e. The molecular weight excluding hydrogens is 348 g/mol. The van der Waals surface area contributed by atoms with Crippen LogP contribution in [0.2, 0.25) is 0 Å². The number of carbonyl (C=O) groups excluding carboxylic acids is 1. The Bertz CT molecular complexity index is 612. The molecule has 0 N–H and O–H groups in total. The number of amides is 1. The third kappa shape index (κ3) is 3.02. The van der Waals surface area contributed by atoms with E-state index in [-0.39, 0.29) is 11.6 Å². The second kappa shape index (κ2) is 6.36. The zero-order valence-electron chi connectivity index (χ0n) is 12.4. The molecule has 3 rings (SSSR count). The minimum absolute atomic E-state index is 0.0267. The van der Waals surface area contributed by atoms with Gasteiger partial charge in [-0.1, -0.05) is 35.2 Å². The Hall–Kier alpha value is -1.43.